The van der Waals surface area contributed by atoms with E-state index in [9.17, 15) is 9.59 Å². The number of aromatic nitrogens is 2. The Balaban J connectivity index is 1.84. The zero-order valence-corrected chi connectivity index (χ0v) is 14.5. The van der Waals surface area contributed by atoms with Gasteiger partial charge in [0.1, 0.15) is 0 Å². The Labute approximate surface area is 149 Å². The van der Waals surface area contributed by atoms with Gasteiger partial charge in [0, 0.05) is 39.3 Å². The fraction of sp³-hybridized carbons (Fsp3) is 0.182. The van der Waals surface area contributed by atoms with Gasteiger partial charge >= 0.3 is 0 Å². The Bertz CT molecular complexity index is 1290. The number of aromatic amines is 2. The molecule has 4 aromatic rings. The van der Waals surface area contributed by atoms with Gasteiger partial charge in [-0.25, -0.2) is 0 Å². The molecule has 0 saturated carbocycles. The Hall–Kier alpha value is -3.32. The van der Waals surface area contributed by atoms with Crippen LogP contribution < -0.4 is 10.9 Å². The molecule has 4 nitrogen and oxygen atoms in total. The number of aryl methyl sites for hydroxylation is 2. The van der Waals surface area contributed by atoms with E-state index in [2.05, 4.69) is 34.3 Å². The molecule has 0 saturated heterocycles. The van der Waals surface area contributed by atoms with Gasteiger partial charge in [0.05, 0.1) is 10.9 Å². The highest BCUT2D eigenvalue weighted by molar-refractivity contribution is 6.02. The lowest BCUT2D eigenvalue weighted by Crippen LogP contribution is -2.35. The molecule has 0 aliphatic heterocycles. The van der Waals surface area contributed by atoms with Crippen LogP contribution in [-0.4, -0.2) is 9.97 Å². The molecule has 1 aliphatic rings. The molecule has 0 unspecified atom stereocenters. The molecule has 2 aromatic heterocycles. The molecule has 5 rings (SSSR count). The summed E-state index contributed by atoms with van der Waals surface area (Å²) in [6.07, 6.45) is 5.99. The topological polar surface area (TPSA) is 65.7 Å². The molecule has 2 N–H and O–H groups in total. The average Bonchev–Trinajstić information content (AvgIpc) is 3.14. The van der Waals surface area contributed by atoms with Crippen molar-refractivity contribution < 1.29 is 0 Å². The normalized spacial score (nSPS) is 13.3. The zero-order chi connectivity index (χ0) is 18.0. The van der Waals surface area contributed by atoms with Gasteiger partial charge in [0.2, 0.25) is 10.9 Å². The van der Waals surface area contributed by atoms with Gasteiger partial charge in [-0.15, -0.1) is 0 Å². The smallest absolute Gasteiger partial charge is 0.235 e. The average molecular weight is 340 g/mol. The maximum atomic E-state index is 12.6. The Morgan fingerprint density at radius 3 is 2.50 bits per heavy atom. The van der Waals surface area contributed by atoms with Crippen LogP contribution in [0.3, 0.4) is 0 Å². The monoisotopic (exact) mass is 340 g/mol. The van der Waals surface area contributed by atoms with Crippen LogP contribution in [0.25, 0.3) is 39.2 Å². The summed E-state index contributed by atoms with van der Waals surface area (Å²) in [6.45, 7) is 3.89. The van der Waals surface area contributed by atoms with Crippen molar-refractivity contribution in [3.05, 3.63) is 73.4 Å². The van der Waals surface area contributed by atoms with E-state index in [0.717, 1.165) is 57.5 Å². The number of hydrogen-bond donors (Lipinski definition) is 2. The van der Waals surface area contributed by atoms with Crippen molar-refractivity contribution in [1.82, 2.24) is 9.97 Å². The van der Waals surface area contributed by atoms with E-state index in [-0.39, 0.29) is 0 Å². The fourth-order valence-corrected chi connectivity index (χ4v) is 4.19. The molecule has 2 aromatic carbocycles. The molecule has 0 amide bonds. The Morgan fingerprint density at radius 2 is 1.69 bits per heavy atom. The van der Waals surface area contributed by atoms with Crippen LogP contribution in [0, 0.1) is 26.0 Å². The number of nitrogens with one attached hydrogen (secondary N) is 2. The molecule has 4 heteroatoms. The van der Waals surface area contributed by atoms with Crippen LogP contribution in [0.4, 0.5) is 0 Å². The molecule has 0 spiro atoms. The van der Waals surface area contributed by atoms with Crippen LogP contribution in [0.5, 0.6) is 0 Å². The summed E-state index contributed by atoms with van der Waals surface area (Å²) >= 11 is 0. The Morgan fingerprint density at radius 1 is 0.962 bits per heavy atom. The number of H-pyrrole nitrogens is 2. The summed E-state index contributed by atoms with van der Waals surface area (Å²) in [6, 6.07) is 9.73. The van der Waals surface area contributed by atoms with Crippen LogP contribution >= 0.6 is 0 Å². The first kappa shape index (κ1) is 15.0. The molecule has 0 radical (unpaired) electrons. The summed E-state index contributed by atoms with van der Waals surface area (Å²) in [5.74, 6) is 0. The van der Waals surface area contributed by atoms with E-state index in [1.165, 1.54) is 0 Å². The van der Waals surface area contributed by atoms with E-state index in [0.29, 0.717) is 11.1 Å². The van der Waals surface area contributed by atoms with Crippen LogP contribution in [0.2, 0.25) is 0 Å². The highest BCUT2D eigenvalue weighted by atomic mass is 16.2. The van der Waals surface area contributed by atoms with E-state index in [4.69, 9.17) is 0 Å². The van der Waals surface area contributed by atoms with Gasteiger partial charge in [-0.05, 0) is 50.5 Å². The number of allylic oxidation sites excluding steroid dienone is 1. The van der Waals surface area contributed by atoms with Crippen molar-refractivity contribution in [3.63, 3.8) is 0 Å². The van der Waals surface area contributed by atoms with Crippen molar-refractivity contribution in [3.8, 4) is 22.3 Å². The minimum atomic E-state index is -0.415. The van der Waals surface area contributed by atoms with E-state index in [1.54, 1.807) is 6.07 Å². The third-order valence-electron chi connectivity index (χ3n) is 5.33. The van der Waals surface area contributed by atoms with Crippen LogP contribution in [-0.2, 0) is 6.42 Å². The van der Waals surface area contributed by atoms with Gasteiger partial charge in [-0.3, -0.25) is 9.59 Å². The molecule has 1 aliphatic carbocycles. The Kier molecular flexibility index (Phi) is 2.93. The maximum absolute atomic E-state index is 12.6. The molecule has 126 valence electrons. The molecule has 26 heavy (non-hydrogen) atoms. The van der Waals surface area contributed by atoms with E-state index < -0.39 is 10.9 Å². The van der Waals surface area contributed by atoms with Crippen LogP contribution in [0.15, 0.2) is 27.8 Å². The lowest BCUT2D eigenvalue weighted by atomic mass is 9.85. The van der Waals surface area contributed by atoms with E-state index in [1.807, 2.05) is 19.9 Å². The second-order valence-corrected chi connectivity index (χ2v) is 6.88. The van der Waals surface area contributed by atoms with Gasteiger partial charge in [0.25, 0.3) is 0 Å². The van der Waals surface area contributed by atoms with Gasteiger partial charge < -0.3 is 9.97 Å². The van der Waals surface area contributed by atoms with Crippen molar-refractivity contribution in [2.24, 2.45) is 0 Å². The minimum absolute atomic E-state index is 0.395. The second kappa shape index (κ2) is 5.09. The molecule has 0 bridgehead atoms. The minimum Gasteiger partial charge on any atom is -0.358 e. The second-order valence-electron chi connectivity index (χ2n) is 6.88. The number of hydrogen-bond acceptors (Lipinski definition) is 2. The van der Waals surface area contributed by atoms with E-state index >= 15 is 0 Å². The molecular formula is C22H16N2O2. The van der Waals surface area contributed by atoms with Gasteiger partial charge in [-0.1, -0.05) is 18.2 Å². The van der Waals surface area contributed by atoms with Crippen molar-refractivity contribution in [1.29, 1.82) is 0 Å². The third kappa shape index (κ3) is 1.80. The highest BCUT2D eigenvalue weighted by Gasteiger charge is 2.31. The summed E-state index contributed by atoms with van der Waals surface area (Å²) in [4.78, 5) is 31.8. The quantitative estimate of drug-likeness (QED) is 0.548. The van der Waals surface area contributed by atoms with Crippen molar-refractivity contribution in [2.75, 3.05) is 0 Å². The maximum Gasteiger partial charge on any atom is 0.235 e. The standard InChI is InChI=1S/C22H16N2O2/c1-11-17(13-7-3-5-9-15(13)23-11)19-20(22(26)21(19)25)18-12(2)24-16-10-6-4-8-14(16)18/h5-6,9-10,23-24H,3,7H2,1-2H3. The molecule has 0 atom stereocenters. The number of fused-ring (bicyclic) bond motifs is 2. The first-order valence-electron chi connectivity index (χ1n) is 8.70. The molecule has 0 fully saturated rings. The van der Waals surface area contributed by atoms with Gasteiger partial charge in [-0.2, -0.15) is 0 Å². The predicted molar refractivity (Wildman–Crippen MR) is 103 cm³/mol. The summed E-state index contributed by atoms with van der Waals surface area (Å²) < 4.78 is 0. The fourth-order valence-electron chi connectivity index (χ4n) is 4.19. The first-order valence-corrected chi connectivity index (χ1v) is 8.70. The first-order chi connectivity index (χ1) is 12.6. The lowest BCUT2D eigenvalue weighted by molar-refractivity contribution is 0.986. The lowest BCUT2D eigenvalue weighted by Gasteiger charge is -2.14. The summed E-state index contributed by atoms with van der Waals surface area (Å²) in [5, 5.41) is 0.806. The molecular weight excluding hydrogens is 324 g/mol. The summed E-state index contributed by atoms with van der Waals surface area (Å²) in [7, 11) is 0. The van der Waals surface area contributed by atoms with Crippen molar-refractivity contribution >= 4 is 17.0 Å². The van der Waals surface area contributed by atoms with Crippen molar-refractivity contribution in [2.45, 2.75) is 26.7 Å². The van der Waals surface area contributed by atoms with Gasteiger partial charge in [0.15, 0.2) is 0 Å². The zero-order valence-electron chi connectivity index (χ0n) is 14.5. The van der Waals surface area contributed by atoms with Crippen LogP contribution in [0.1, 0.15) is 29.1 Å². The molecule has 2 heterocycles. The summed E-state index contributed by atoms with van der Waals surface area (Å²) in [5.41, 5.74) is 6.78. The highest BCUT2D eigenvalue weighted by Crippen LogP contribution is 2.40. The largest absolute Gasteiger partial charge is 0.358 e. The SMILES string of the molecule is Cc1[nH]c2c(c1-c1c(-c3c(C)[nH]c4ccc#cc34)c(=O)c1=O)CCC=C2. The third-order valence-corrected chi connectivity index (χ3v) is 5.33. The number of rotatable bonds is 2. The predicted octanol–water partition coefficient (Wildman–Crippen LogP) is 3.60.